The van der Waals surface area contributed by atoms with Crippen molar-refractivity contribution in [1.29, 1.82) is 0 Å². The van der Waals surface area contributed by atoms with Crippen LogP contribution < -0.4 is 10.6 Å². The van der Waals surface area contributed by atoms with Crippen LogP contribution in [0.15, 0.2) is 54.6 Å². The van der Waals surface area contributed by atoms with Crippen molar-refractivity contribution in [2.24, 2.45) is 0 Å². The lowest BCUT2D eigenvalue weighted by Crippen LogP contribution is -2.28. The summed E-state index contributed by atoms with van der Waals surface area (Å²) in [5, 5.41) is 6.80. The van der Waals surface area contributed by atoms with Crippen LogP contribution in [0, 0.1) is 0 Å². The number of carbonyl (C=O) groups excluding carboxylic acids is 1. The Hall–Kier alpha value is -2.40. The maximum absolute atomic E-state index is 11.8. The molecule has 0 spiro atoms. The predicted octanol–water partition coefficient (Wildman–Crippen LogP) is 2.88. The lowest BCUT2D eigenvalue weighted by molar-refractivity contribution is 0.0827. The van der Waals surface area contributed by atoms with Gasteiger partial charge in [-0.05, 0) is 42.0 Å². The van der Waals surface area contributed by atoms with Crippen LogP contribution in [-0.2, 0) is 6.54 Å². The molecule has 2 N–H and O–H groups in total. The van der Waals surface area contributed by atoms with Gasteiger partial charge in [0.25, 0.3) is 5.91 Å². The van der Waals surface area contributed by atoms with Gasteiger partial charge in [0, 0.05) is 31.9 Å². The zero-order chi connectivity index (χ0) is 15.9. The Bertz CT molecular complexity index is 639. The molecule has 114 valence electrons. The molecule has 2 aromatic carbocycles. The summed E-state index contributed by atoms with van der Waals surface area (Å²) < 4.78 is 0. The molecule has 0 aliphatic heterocycles. The maximum Gasteiger partial charge on any atom is 0.253 e. The zero-order valence-corrected chi connectivity index (χ0v) is 13.5. The molecule has 0 saturated heterocycles. The van der Waals surface area contributed by atoms with Crippen LogP contribution in [0.3, 0.4) is 0 Å². The van der Waals surface area contributed by atoms with Gasteiger partial charge in [0.2, 0.25) is 0 Å². The lowest BCUT2D eigenvalue weighted by atomic mass is 10.2. The van der Waals surface area contributed by atoms with Crippen molar-refractivity contribution in [3.63, 3.8) is 0 Å². The number of amides is 1. The molecule has 2 aromatic rings. The number of hydrogen-bond acceptors (Lipinski definition) is 2. The molecule has 0 fully saturated rings. The SMILES string of the molecule is CN(C)C(=O)c1ccc(NC(=S)NCc2ccccc2)cc1. The van der Waals surface area contributed by atoms with Crippen LogP contribution in [0.25, 0.3) is 0 Å². The number of thiocarbonyl (C=S) groups is 1. The first-order valence-corrected chi connectivity index (χ1v) is 7.37. The number of benzene rings is 2. The van der Waals surface area contributed by atoms with Gasteiger partial charge in [-0.1, -0.05) is 30.3 Å². The van der Waals surface area contributed by atoms with Crippen LogP contribution >= 0.6 is 12.2 Å². The average Bonchev–Trinajstić information content (AvgIpc) is 2.54. The van der Waals surface area contributed by atoms with E-state index in [-0.39, 0.29) is 5.91 Å². The predicted molar refractivity (Wildman–Crippen MR) is 94.0 cm³/mol. The molecule has 0 saturated carbocycles. The van der Waals surface area contributed by atoms with Gasteiger partial charge in [-0.3, -0.25) is 4.79 Å². The standard InChI is InChI=1S/C17H19N3OS/c1-20(2)16(21)14-8-10-15(11-9-14)19-17(22)18-12-13-6-4-3-5-7-13/h3-11H,12H2,1-2H3,(H2,18,19,22). The second-order valence-corrected chi connectivity index (χ2v) is 5.48. The van der Waals surface area contributed by atoms with Crippen LogP contribution in [0.5, 0.6) is 0 Å². The van der Waals surface area contributed by atoms with Gasteiger partial charge in [-0.15, -0.1) is 0 Å². The summed E-state index contributed by atoms with van der Waals surface area (Å²) in [6.45, 7) is 0.671. The van der Waals surface area contributed by atoms with Crippen molar-refractivity contribution < 1.29 is 4.79 Å². The first kappa shape index (κ1) is 16.0. The molecule has 4 nitrogen and oxygen atoms in total. The molecule has 0 aliphatic carbocycles. The number of anilines is 1. The van der Waals surface area contributed by atoms with E-state index in [0.717, 1.165) is 5.69 Å². The van der Waals surface area contributed by atoms with Crippen molar-refractivity contribution in [3.05, 3.63) is 65.7 Å². The van der Waals surface area contributed by atoms with Gasteiger partial charge in [-0.2, -0.15) is 0 Å². The topological polar surface area (TPSA) is 44.4 Å². The van der Waals surface area contributed by atoms with Gasteiger partial charge < -0.3 is 15.5 Å². The molecule has 0 unspecified atom stereocenters. The molecule has 22 heavy (non-hydrogen) atoms. The molecule has 5 heteroatoms. The first-order valence-electron chi connectivity index (χ1n) is 6.97. The highest BCUT2D eigenvalue weighted by atomic mass is 32.1. The molecule has 0 aromatic heterocycles. The third-order valence-electron chi connectivity index (χ3n) is 3.09. The van der Waals surface area contributed by atoms with Crippen molar-refractivity contribution in [1.82, 2.24) is 10.2 Å². The lowest BCUT2D eigenvalue weighted by Gasteiger charge is -2.12. The first-order chi connectivity index (χ1) is 10.6. The van der Waals surface area contributed by atoms with E-state index < -0.39 is 0 Å². The maximum atomic E-state index is 11.8. The van der Waals surface area contributed by atoms with Crippen LogP contribution in [0.1, 0.15) is 15.9 Å². The Morgan fingerprint density at radius 2 is 1.68 bits per heavy atom. The fourth-order valence-electron chi connectivity index (χ4n) is 1.91. The summed E-state index contributed by atoms with van der Waals surface area (Å²) in [6.07, 6.45) is 0. The van der Waals surface area contributed by atoms with Crippen molar-refractivity contribution in [2.75, 3.05) is 19.4 Å². The van der Waals surface area contributed by atoms with E-state index in [1.807, 2.05) is 42.5 Å². The third kappa shape index (κ3) is 4.56. The molecule has 0 aliphatic rings. The highest BCUT2D eigenvalue weighted by Gasteiger charge is 2.07. The summed E-state index contributed by atoms with van der Waals surface area (Å²) in [5.41, 5.74) is 2.66. The number of nitrogens with one attached hydrogen (secondary N) is 2. The van der Waals surface area contributed by atoms with Crippen LogP contribution in [-0.4, -0.2) is 30.0 Å². The van der Waals surface area contributed by atoms with Gasteiger partial charge >= 0.3 is 0 Å². The molecule has 1 amide bonds. The van der Waals surface area contributed by atoms with E-state index in [1.54, 1.807) is 31.1 Å². The minimum absolute atomic E-state index is 0.0173. The quantitative estimate of drug-likeness (QED) is 0.852. The number of rotatable bonds is 4. The third-order valence-corrected chi connectivity index (χ3v) is 3.34. The van der Waals surface area contributed by atoms with Gasteiger partial charge in [0.1, 0.15) is 0 Å². The minimum atomic E-state index is -0.0173. The molecule has 2 rings (SSSR count). The minimum Gasteiger partial charge on any atom is -0.358 e. The second kappa shape index (κ2) is 7.56. The Morgan fingerprint density at radius 1 is 1.05 bits per heavy atom. The molecule has 0 heterocycles. The summed E-state index contributed by atoms with van der Waals surface area (Å²) >= 11 is 5.26. The molecular weight excluding hydrogens is 294 g/mol. The summed E-state index contributed by atoms with van der Waals surface area (Å²) in [6, 6.07) is 17.3. The van der Waals surface area contributed by atoms with Crippen molar-refractivity contribution in [2.45, 2.75) is 6.54 Å². The number of nitrogens with zero attached hydrogens (tertiary/aromatic N) is 1. The fraction of sp³-hybridized carbons (Fsp3) is 0.176. The number of carbonyl (C=O) groups is 1. The number of hydrogen-bond donors (Lipinski definition) is 2. The molecule has 0 atom stereocenters. The van der Waals surface area contributed by atoms with E-state index in [4.69, 9.17) is 12.2 Å². The van der Waals surface area contributed by atoms with Crippen LogP contribution in [0.2, 0.25) is 0 Å². The van der Waals surface area contributed by atoms with Crippen LogP contribution in [0.4, 0.5) is 5.69 Å². The Kier molecular flexibility index (Phi) is 5.49. The Labute approximate surface area is 136 Å². The normalized spacial score (nSPS) is 9.91. The van der Waals surface area contributed by atoms with E-state index in [0.29, 0.717) is 17.2 Å². The van der Waals surface area contributed by atoms with Crippen molar-refractivity contribution >= 4 is 28.9 Å². The van der Waals surface area contributed by atoms with Gasteiger partial charge in [-0.25, -0.2) is 0 Å². The highest BCUT2D eigenvalue weighted by molar-refractivity contribution is 7.80. The Morgan fingerprint density at radius 3 is 2.27 bits per heavy atom. The largest absolute Gasteiger partial charge is 0.358 e. The summed E-state index contributed by atoms with van der Waals surface area (Å²) in [4.78, 5) is 13.4. The smallest absolute Gasteiger partial charge is 0.253 e. The average molecular weight is 313 g/mol. The van der Waals surface area contributed by atoms with E-state index in [1.165, 1.54) is 5.56 Å². The van der Waals surface area contributed by atoms with E-state index in [9.17, 15) is 4.79 Å². The summed E-state index contributed by atoms with van der Waals surface area (Å²) in [5.74, 6) is -0.0173. The molecule has 0 bridgehead atoms. The van der Waals surface area contributed by atoms with Gasteiger partial charge in [0.05, 0.1) is 0 Å². The van der Waals surface area contributed by atoms with Crippen molar-refractivity contribution in [3.8, 4) is 0 Å². The second-order valence-electron chi connectivity index (χ2n) is 5.07. The van der Waals surface area contributed by atoms with Gasteiger partial charge in [0.15, 0.2) is 5.11 Å². The highest BCUT2D eigenvalue weighted by Crippen LogP contribution is 2.11. The zero-order valence-electron chi connectivity index (χ0n) is 12.7. The fourth-order valence-corrected chi connectivity index (χ4v) is 2.10. The monoisotopic (exact) mass is 313 g/mol. The summed E-state index contributed by atoms with van der Waals surface area (Å²) in [7, 11) is 3.47. The van der Waals surface area contributed by atoms with E-state index in [2.05, 4.69) is 10.6 Å². The van der Waals surface area contributed by atoms with E-state index >= 15 is 0 Å². The molecule has 0 radical (unpaired) electrons. The molecular formula is C17H19N3OS. The Balaban J connectivity index is 1.88.